The van der Waals surface area contributed by atoms with Gasteiger partial charge in [-0.3, -0.25) is 9.59 Å². The van der Waals surface area contributed by atoms with Crippen LogP contribution in [0.15, 0.2) is 24.3 Å². The molecule has 1 aromatic rings. The number of benzene rings is 1. The monoisotopic (exact) mass is 291 g/mol. The number of hydrogen-bond donors (Lipinski definition) is 2. The molecule has 0 bridgehead atoms. The summed E-state index contributed by atoms with van der Waals surface area (Å²) in [5, 5.41) is 11.4. The van der Waals surface area contributed by atoms with Crippen LogP contribution in [0.5, 0.6) is 0 Å². The third-order valence-electron chi connectivity index (χ3n) is 3.79. The smallest absolute Gasteiger partial charge is 0.325 e. The van der Waals surface area contributed by atoms with Gasteiger partial charge in [0.2, 0.25) is 5.91 Å². The van der Waals surface area contributed by atoms with Gasteiger partial charge >= 0.3 is 5.97 Å². The van der Waals surface area contributed by atoms with Crippen LogP contribution in [0.25, 0.3) is 0 Å². The number of nitrogens with one attached hydrogen (secondary N) is 1. The van der Waals surface area contributed by atoms with E-state index in [9.17, 15) is 9.59 Å². The summed E-state index contributed by atoms with van der Waals surface area (Å²) in [6.45, 7) is 4.09. The molecule has 1 amide bonds. The lowest BCUT2D eigenvalue weighted by molar-refractivity contribution is -0.144. The maximum atomic E-state index is 12.3. The molecule has 1 fully saturated rings. The van der Waals surface area contributed by atoms with Gasteiger partial charge in [0.25, 0.3) is 0 Å². The SMILES string of the molecule is Cc1ccc(C2OCCCC2C(=O)NC(C)C(=O)O)cc1. The van der Waals surface area contributed by atoms with Crippen LogP contribution in [0.4, 0.5) is 0 Å². The molecule has 3 unspecified atom stereocenters. The van der Waals surface area contributed by atoms with E-state index in [1.54, 1.807) is 0 Å². The first-order valence-electron chi connectivity index (χ1n) is 7.20. The number of amides is 1. The zero-order chi connectivity index (χ0) is 15.4. The van der Waals surface area contributed by atoms with Crippen LogP contribution in [-0.2, 0) is 14.3 Å². The van der Waals surface area contributed by atoms with Crippen molar-refractivity contribution in [2.24, 2.45) is 5.92 Å². The fourth-order valence-corrected chi connectivity index (χ4v) is 2.52. The largest absolute Gasteiger partial charge is 0.480 e. The average Bonchev–Trinajstić information content (AvgIpc) is 2.48. The van der Waals surface area contributed by atoms with Crippen molar-refractivity contribution in [3.05, 3.63) is 35.4 Å². The van der Waals surface area contributed by atoms with Crippen LogP contribution in [0.1, 0.15) is 37.0 Å². The van der Waals surface area contributed by atoms with E-state index in [1.807, 2.05) is 31.2 Å². The third-order valence-corrected chi connectivity index (χ3v) is 3.79. The number of ether oxygens (including phenoxy) is 1. The molecular formula is C16H21NO4. The zero-order valence-corrected chi connectivity index (χ0v) is 12.3. The molecular weight excluding hydrogens is 270 g/mol. The van der Waals surface area contributed by atoms with Crippen molar-refractivity contribution in [3.63, 3.8) is 0 Å². The topological polar surface area (TPSA) is 75.6 Å². The van der Waals surface area contributed by atoms with Gasteiger partial charge in [0, 0.05) is 6.61 Å². The van der Waals surface area contributed by atoms with E-state index in [-0.39, 0.29) is 17.9 Å². The fraction of sp³-hybridized carbons (Fsp3) is 0.500. The normalized spacial score (nSPS) is 23.3. The first-order valence-corrected chi connectivity index (χ1v) is 7.20. The van der Waals surface area contributed by atoms with E-state index in [0.29, 0.717) is 13.0 Å². The number of aryl methyl sites for hydroxylation is 1. The summed E-state index contributed by atoms with van der Waals surface area (Å²) in [6.07, 6.45) is 1.21. The Morgan fingerprint density at radius 2 is 2.00 bits per heavy atom. The summed E-state index contributed by atoms with van der Waals surface area (Å²) >= 11 is 0. The molecule has 2 rings (SSSR count). The Morgan fingerprint density at radius 1 is 1.33 bits per heavy atom. The van der Waals surface area contributed by atoms with E-state index in [0.717, 1.165) is 17.5 Å². The van der Waals surface area contributed by atoms with Crippen molar-refractivity contribution in [2.45, 2.75) is 38.8 Å². The van der Waals surface area contributed by atoms with Gasteiger partial charge in [-0.05, 0) is 32.3 Å². The second kappa shape index (κ2) is 6.72. The van der Waals surface area contributed by atoms with E-state index >= 15 is 0 Å². The summed E-state index contributed by atoms with van der Waals surface area (Å²) in [7, 11) is 0. The molecule has 1 aliphatic heterocycles. The van der Waals surface area contributed by atoms with E-state index < -0.39 is 12.0 Å². The zero-order valence-electron chi connectivity index (χ0n) is 12.3. The Morgan fingerprint density at radius 3 is 2.62 bits per heavy atom. The Kier molecular flexibility index (Phi) is 4.96. The van der Waals surface area contributed by atoms with E-state index in [4.69, 9.17) is 9.84 Å². The highest BCUT2D eigenvalue weighted by molar-refractivity contribution is 5.85. The highest BCUT2D eigenvalue weighted by Crippen LogP contribution is 2.34. The lowest BCUT2D eigenvalue weighted by Gasteiger charge is -2.31. The van der Waals surface area contributed by atoms with Gasteiger partial charge in [-0.1, -0.05) is 29.8 Å². The molecule has 1 aromatic carbocycles. The predicted octanol–water partition coefficient (Wildman–Crippen LogP) is 2.05. The van der Waals surface area contributed by atoms with Crippen LogP contribution >= 0.6 is 0 Å². The molecule has 1 aliphatic rings. The first kappa shape index (κ1) is 15.5. The second-order valence-corrected chi connectivity index (χ2v) is 5.52. The molecule has 0 saturated carbocycles. The van der Waals surface area contributed by atoms with Crippen LogP contribution in [-0.4, -0.2) is 29.6 Å². The average molecular weight is 291 g/mol. The van der Waals surface area contributed by atoms with E-state index in [1.165, 1.54) is 6.92 Å². The summed E-state index contributed by atoms with van der Waals surface area (Å²) in [5.41, 5.74) is 2.11. The van der Waals surface area contributed by atoms with Gasteiger partial charge < -0.3 is 15.2 Å². The van der Waals surface area contributed by atoms with Crippen molar-refractivity contribution in [1.29, 1.82) is 0 Å². The standard InChI is InChI=1S/C16H21NO4/c1-10-5-7-12(8-6-10)14-13(4-3-9-21-14)15(18)17-11(2)16(19)20/h5-8,11,13-14H,3-4,9H2,1-2H3,(H,17,18)(H,19,20). The van der Waals surface area contributed by atoms with Gasteiger partial charge in [0.05, 0.1) is 12.0 Å². The van der Waals surface area contributed by atoms with Crippen LogP contribution in [0, 0.1) is 12.8 Å². The van der Waals surface area contributed by atoms with Crippen molar-refractivity contribution in [1.82, 2.24) is 5.32 Å². The minimum atomic E-state index is -1.04. The van der Waals surface area contributed by atoms with Gasteiger partial charge in [0.15, 0.2) is 0 Å². The highest BCUT2D eigenvalue weighted by atomic mass is 16.5. The van der Waals surface area contributed by atoms with Crippen molar-refractivity contribution in [2.75, 3.05) is 6.61 Å². The maximum absolute atomic E-state index is 12.3. The lowest BCUT2D eigenvalue weighted by atomic mass is 9.88. The molecule has 3 atom stereocenters. The highest BCUT2D eigenvalue weighted by Gasteiger charge is 2.34. The Balaban J connectivity index is 2.13. The molecule has 0 radical (unpaired) electrons. The molecule has 1 saturated heterocycles. The first-order chi connectivity index (χ1) is 9.99. The quantitative estimate of drug-likeness (QED) is 0.890. The number of carboxylic acid groups (broad SMARTS) is 1. The lowest BCUT2D eigenvalue weighted by Crippen LogP contribution is -2.44. The van der Waals surface area contributed by atoms with Crippen molar-refractivity contribution >= 4 is 11.9 Å². The molecule has 2 N–H and O–H groups in total. The van der Waals surface area contributed by atoms with Crippen molar-refractivity contribution in [3.8, 4) is 0 Å². The predicted molar refractivity (Wildman–Crippen MR) is 77.8 cm³/mol. The Hall–Kier alpha value is -1.88. The fourth-order valence-electron chi connectivity index (χ4n) is 2.52. The number of carbonyl (C=O) groups excluding carboxylic acids is 1. The molecule has 0 aliphatic carbocycles. The van der Waals surface area contributed by atoms with Crippen molar-refractivity contribution < 1.29 is 19.4 Å². The number of carboxylic acids is 1. The molecule has 114 valence electrons. The maximum Gasteiger partial charge on any atom is 0.325 e. The summed E-state index contributed by atoms with van der Waals surface area (Å²) < 4.78 is 5.77. The van der Waals surface area contributed by atoms with Gasteiger partial charge in [0.1, 0.15) is 6.04 Å². The molecule has 0 spiro atoms. The Labute approximate surface area is 124 Å². The number of rotatable bonds is 4. The molecule has 21 heavy (non-hydrogen) atoms. The number of hydrogen-bond acceptors (Lipinski definition) is 3. The third kappa shape index (κ3) is 3.82. The van der Waals surface area contributed by atoms with Crippen LogP contribution < -0.4 is 5.32 Å². The number of aliphatic carboxylic acids is 1. The molecule has 5 heteroatoms. The van der Waals surface area contributed by atoms with Crippen LogP contribution in [0.3, 0.4) is 0 Å². The van der Waals surface area contributed by atoms with E-state index in [2.05, 4.69) is 5.32 Å². The number of carbonyl (C=O) groups is 2. The summed E-state index contributed by atoms with van der Waals surface area (Å²) in [5.74, 6) is -1.63. The summed E-state index contributed by atoms with van der Waals surface area (Å²) in [4.78, 5) is 23.2. The van der Waals surface area contributed by atoms with Gasteiger partial charge in [-0.15, -0.1) is 0 Å². The summed E-state index contributed by atoms with van der Waals surface area (Å²) in [6, 6.07) is 7.01. The molecule has 0 aromatic heterocycles. The van der Waals surface area contributed by atoms with Gasteiger partial charge in [-0.25, -0.2) is 0 Å². The molecule has 5 nitrogen and oxygen atoms in total. The minimum Gasteiger partial charge on any atom is -0.480 e. The molecule has 1 heterocycles. The van der Waals surface area contributed by atoms with Gasteiger partial charge in [-0.2, -0.15) is 0 Å². The Bertz CT molecular complexity index is 512. The van der Waals surface area contributed by atoms with Crippen LogP contribution in [0.2, 0.25) is 0 Å². The second-order valence-electron chi connectivity index (χ2n) is 5.52. The minimum absolute atomic E-state index is 0.254.